The molecule has 2 atom stereocenters. The molecule has 0 aliphatic carbocycles. The summed E-state index contributed by atoms with van der Waals surface area (Å²) in [5.74, 6) is 1.38. The number of hydrogen-bond acceptors (Lipinski definition) is 6. The summed E-state index contributed by atoms with van der Waals surface area (Å²) in [7, 11) is 0. The molecule has 6 heteroatoms. The van der Waals surface area contributed by atoms with Crippen LogP contribution in [-0.2, 0) is 13.0 Å². The van der Waals surface area contributed by atoms with Crippen molar-refractivity contribution < 1.29 is 14.6 Å². The topological polar surface area (TPSA) is 64.5 Å². The minimum absolute atomic E-state index is 0.0222. The lowest BCUT2D eigenvalue weighted by Gasteiger charge is -2.30. The largest absolute Gasteiger partial charge is 0.493 e. The fourth-order valence-electron chi connectivity index (χ4n) is 3.62. The SMILES string of the molecule is O[C@H]1c2cc(OCc3ccc4ccccc4n3)ccc2OC[C@@H]1Cc1nccs1. The number of hydrogen-bond donors (Lipinski definition) is 1. The van der Waals surface area contributed by atoms with Crippen LogP contribution in [-0.4, -0.2) is 21.7 Å². The smallest absolute Gasteiger partial charge is 0.130 e. The van der Waals surface area contributed by atoms with Crippen LogP contribution in [0.25, 0.3) is 10.9 Å². The second-order valence-corrected chi connectivity index (χ2v) is 8.11. The fourth-order valence-corrected chi connectivity index (χ4v) is 4.33. The van der Waals surface area contributed by atoms with Crippen molar-refractivity contribution in [3.05, 3.63) is 82.4 Å². The summed E-state index contributed by atoms with van der Waals surface area (Å²) in [5, 5.41) is 14.9. The van der Waals surface area contributed by atoms with Gasteiger partial charge in [-0.05, 0) is 30.3 Å². The minimum Gasteiger partial charge on any atom is -0.493 e. The predicted molar refractivity (Wildman–Crippen MR) is 112 cm³/mol. The number of nitrogens with zero attached hydrogens (tertiary/aromatic N) is 2. The Morgan fingerprint density at radius 2 is 2.07 bits per heavy atom. The van der Waals surface area contributed by atoms with Crippen LogP contribution in [0, 0.1) is 5.92 Å². The van der Waals surface area contributed by atoms with E-state index < -0.39 is 6.10 Å². The van der Waals surface area contributed by atoms with E-state index >= 15 is 0 Å². The van der Waals surface area contributed by atoms with E-state index in [0.717, 1.165) is 27.2 Å². The number of thiazole rings is 1. The lowest BCUT2D eigenvalue weighted by Crippen LogP contribution is -2.27. The third-order valence-electron chi connectivity index (χ3n) is 5.16. The Bertz CT molecular complexity index is 1130. The Kier molecular flexibility index (Phi) is 4.87. The van der Waals surface area contributed by atoms with Gasteiger partial charge in [0, 0.05) is 34.9 Å². The molecule has 2 aromatic heterocycles. The van der Waals surface area contributed by atoms with Crippen LogP contribution >= 0.6 is 11.3 Å². The quantitative estimate of drug-likeness (QED) is 0.528. The molecule has 3 heterocycles. The number of aliphatic hydroxyl groups excluding tert-OH is 1. The highest BCUT2D eigenvalue weighted by molar-refractivity contribution is 7.09. The molecule has 29 heavy (non-hydrogen) atoms. The first-order chi connectivity index (χ1) is 14.3. The number of ether oxygens (including phenoxy) is 2. The van der Waals surface area contributed by atoms with Gasteiger partial charge in [-0.2, -0.15) is 0 Å². The van der Waals surface area contributed by atoms with Gasteiger partial charge in [-0.15, -0.1) is 11.3 Å². The number of fused-ring (bicyclic) bond motifs is 2. The van der Waals surface area contributed by atoms with Gasteiger partial charge in [0.05, 0.1) is 28.9 Å². The first-order valence-corrected chi connectivity index (χ1v) is 10.4. The second-order valence-electron chi connectivity index (χ2n) is 7.13. The van der Waals surface area contributed by atoms with Gasteiger partial charge in [-0.25, -0.2) is 9.97 Å². The van der Waals surface area contributed by atoms with Crippen molar-refractivity contribution >= 4 is 22.2 Å². The zero-order chi connectivity index (χ0) is 19.6. The molecular weight excluding hydrogens is 384 g/mol. The van der Waals surface area contributed by atoms with Gasteiger partial charge in [-0.3, -0.25) is 0 Å². The Morgan fingerprint density at radius 1 is 1.14 bits per heavy atom. The van der Waals surface area contributed by atoms with Crippen molar-refractivity contribution in [2.45, 2.75) is 19.1 Å². The predicted octanol–water partition coefficient (Wildman–Crippen LogP) is 4.56. The number of pyridine rings is 1. The first kappa shape index (κ1) is 18.1. The van der Waals surface area contributed by atoms with Crippen molar-refractivity contribution in [2.75, 3.05) is 6.61 Å². The molecular formula is C23H20N2O3S. The van der Waals surface area contributed by atoms with Gasteiger partial charge in [0.15, 0.2) is 0 Å². The highest BCUT2D eigenvalue weighted by atomic mass is 32.1. The lowest BCUT2D eigenvalue weighted by molar-refractivity contribution is 0.0504. The van der Waals surface area contributed by atoms with Gasteiger partial charge in [0.2, 0.25) is 0 Å². The number of rotatable bonds is 5. The average molecular weight is 404 g/mol. The molecule has 0 saturated heterocycles. The molecule has 0 radical (unpaired) electrons. The summed E-state index contributed by atoms with van der Waals surface area (Å²) in [6.07, 6.45) is 1.88. The normalized spacial score (nSPS) is 18.2. The Labute approximate surface area is 172 Å². The van der Waals surface area contributed by atoms with Gasteiger partial charge in [0.25, 0.3) is 0 Å². The second kappa shape index (κ2) is 7.81. The maximum absolute atomic E-state index is 10.9. The van der Waals surface area contributed by atoms with Crippen LogP contribution in [0.1, 0.15) is 22.4 Å². The Hall–Kier alpha value is -2.96. The van der Waals surface area contributed by atoms with Crippen LogP contribution in [0.4, 0.5) is 0 Å². The van der Waals surface area contributed by atoms with Crippen LogP contribution in [0.2, 0.25) is 0 Å². The zero-order valence-corrected chi connectivity index (χ0v) is 16.5. The summed E-state index contributed by atoms with van der Waals surface area (Å²) >= 11 is 1.60. The molecule has 0 fully saturated rings. The molecule has 1 aliphatic heterocycles. The summed E-state index contributed by atoms with van der Waals surface area (Å²) in [5.41, 5.74) is 2.58. The number of aromatic nitrogens is 2. The Balaban J connectivity index is 1.31. The molecule has 2 aromatic carbocycles. The summed E-state index contributed by atoms with van der Waals surface area (Å²) in [6.45, 7) is 0.845. The van der Waals surface area contributed by atoms with E-state index in [0.29, 0.717) is 31.1 Å². The van der Waals surface area contributed by atoms with Crippen LogP contribution in [0.3, 0.4) is 0 Å². The Morgan fingerprint density at radius 3 is 2.97 bits per heavy atom. The molecule has 1 N–H and O–H groups in total. The van der Waals surface area contributed by atoms with Crippen molar-refractivity contribution in [1.82, 2.24) is 9.97 Å². The molecule has 0 spiro atoms. The van der Waals surface area contributed by atoms with E-state index in [-0.39, 0.29) is 5.92 Å². The fraction of sp³-hybridized carbons (Fsp3) is 0.217. The molecule has 1 aliphatic rings. The zero-order valence-electron chi connectivity index (χ0n) is 15.7. The standard InChI is InChI=1S/C23H20N2O3S/c26-23-16(11-22-24-9-10-29-22)13-28-21-8-7-18(12-19(21)23)27-14-17-6-5-15-3-1-2-4-20(15)25-17/h1-10,12,16,23,26H,11,13-14H2/t16-,23+/m0/s1. The number of benzene rings is 2. The van der Waals surface area contributed by atoms with Crippen LogP contribution < -0.4 is 9.47 Å². The van der Waals surface area contributed by atoms with E-state index in [9.17, 15) is 5.11 Å². The molecule has 5 rings (SSSR count). The third-order valence-corrected chi connectivity index (χ3v) is 5.96. The maximum atomic E-state index is 10.9. The van der Waals surface area contributed by atoms with Gasteiger partial charge in [-0.1, -0.05) is 24.3 Å². The van der Waals surface area contributed by atoms with Gasteiger partial charge < -0.3 is 14.6 Å². The number of aliphatic hydroxyl groups is 1. The molecule has 0 bridgehead atoms. The summed E-state index contributed by atoms with van der Waals surface area (Å²) < 4.78 is 11.8. The van der Waals surface area contributed by atoms with Crippen LogP contribution in [0.15, 0.2) is 66.2 Å². The van der Waals surface area contributed by atoms with E-state index in [1.165, 1.54) is 0 Å². The van der Waals surface area contributed by atoms with Crippen molar-refractivity contribution in [3.63, 3.8) is 0 Å². The summed E-state index contributed by atoms with van der Waals surface area (Å²) in [4.78, 5) is 8.96. The third kappa shape index (κ3) is 3.81. The highest BCUT2D eigenvalue weighted by Crippen LogP contribution is 2.39. The number of para-hydroxylation sites is 1. The summed E-state index contributed by atoms with van der Waals surface area (Å²) in [6, 6.07) is 17.6. The lowest BCUT2D eigenvalue weighted by atomic mass is 9.91. The van der Waals surface area contributed by atoms with E-state index in [1.54, 1.807) is 17.5 Å². The van der Waals surface area contributed by atoms with E-state index in [1.807, 2.05) is 53.9 Å². The van der Waals surface area contributed by atoms with Gasteiger partial charge >= 0.3 is 0 Å². The van der Waals surface area contributed by atoms with Gasteiger partial charge in [0.1, 0.15) is 18.1 Å². The van der Waals surface area contributed by atoms with Crippen molar-refractivity contribution in [2.24, 2.45) is 5.92 Å². The van der Waals surface area contributed by atoms with E-state index in [2.05, 4.69) is 16.0 Å². The molecule has 4 aromatic rings. The highest BCUT2D eigenvalue weighted by Gasteiger charge is 2.30. The monoisotopic (exact) mass is 404 g/mol. The van der Waals surface area contributed by atoms with Crippen LogP contribution in [0.5, 0.6) is 11.5 Å². The molecule has 0 amide bonds. The first-order valence-electron chi connectivity index (χ1n) is 9.57. The molecule has 0 unspecified atom stereocenters. The maximum Gasteiger partial charge on any atom is 0.130 e. The molecule has 0 saturated carbocycles. The molecule has 146 valence electrons. The average Bonchev–Trinajstić information content (AvgIpc) is 3.27. The van der Waals surface area contributed by atoms with E-state index in [4.69, 9.17) is 9.47 Å². The molecule has 5 nitrogen and oxygen atoms in total. The van der Waals surface area contributed by atoms with Crippen molar-refractivity contribution in [3.8, 4) is 11.5 Å². The minimum atomic E-state index is -0.606. The van der Waals surface area contributed by atoms with Crippen molar-refractivity contribution in [1.29, 1.82) is 0 Å².